The van der Waals surface area contributed by atoms with E-state index in [0.29, 0.717) is 27.7 Å². The summed E-state index contributed by atoms with van der Waals surface area (Å²) in [4.78, 5) is 19.2. The van der Waals surface area contributed by atoms with Crippen LogP contribution in [0.4, 0.5) is 4.39 Å². The number of ether oxygens (including phenoxy) is 3. The Kier molecular flexibility index (Phi) is 5.71. The van der Waals surface area contributed by atoms with Crippen molar-refractivity contribution in [3.05, 3.63) is 47.8 Å². The van der Waals surface area contributed by atoms with E-state index in [4.69, 9.17) is 19.9 Å². The molecule has 0 aliphatic rings. The normalized spacial score (nSPS) is 12.8. The summed E-state index contributed by atoms with van der Waals surface area (Å²) in [7, 11) is 0. The van der Waals surface area contributed by atoms with Crippen LogP contribution in [0.5, 0.6) is 17.4 Å². The minimum absolute atomic E-state index is 0.0510. The van der Waals surface area contributed by atoms with Crippen LogP contribution in [0.2, 0.25) is 0 Å². The number of aromatic amines is 1. The number of aryl methyl sites for hydroxylation is 2. The fourth-order valence-electron chi connectivity index (χ4n) is 3.37. The number of H-pyrrole nitrogens is 1. The predicted octanol–water partition coefficient (Wildman–Crippen LogP) is 3.81. The molecule has 0 bridgehead atoms. The first kappa shape index (κ1) is 22.5. The number of hydrogen-bond donors (Lipinski definition) is 2. The van der Waals surface area contributed by atoms with Crippen LogP contribution in [0.1, 0.15) is 32.0 Å². The van der Waals surface area contributed by atoms with Crippen molar-refractivity contribution in [3.8, 4) is 17.4 Å². The zero-order valence-corrected chi connectivity index (χ0v) is 19.1. The summed E-state index contributed by atoms with van der Waals surface area (Å²) in [5, 5.41) is 4.63. The minimum atomic E-state index is -1.09. The van der Waals surface area contributed by atoms with Gasteiger partial charge in [-0.15, -0.1) is 0 Å². The SMILES string of the molecule is Cc1cc2c(F)c(Oc3ncnn4cc(OC[C@@H](C)OC(=O)C(C)(C)N)c(C)c34)ccc2[nH]1. The molecule has 0 radical (unpaired) electrons. The van der Waals surface area contributed by atoms with Crippen LogP contribution in [0.3, 0.4) is 0 Å². The summed E-state index contributed by atoms with van der Waals surface area (Å²) in [6.45, 7) is 8.65. The van der Waals surface area contributed by atoms with Gasteiger partial charge in [0.25, 0.3) is 0 Å². The van der Waals surface area contributed by atoms with Crippen LogP contribution in [0.25, 0.3) is 16.4 Å². The standard InChI is InChI=1S/C23H26FN5O4/c1-12-8-15-16(28-12)6-7-17(19(15)24)33-21-20-14(3)18(9-29(20)27-11-26-21)31-10-13(2)32-22(30)23(4,5)25/h6-9,11,13,28H,10,25H2,1-5H3/t13-/m1/s1. The monoisotopic (exact) mass is 455 g/mol. The first-order chi connectivity index (χ1) is 15.5. The van der Waals surface area contributed by atoms with Crippen LogP contribution in [-0.4, -0.2) is 43.8 Å². The van der Waals surface area contributed by atoms with Gasteiger partial charge in [-0.05, 0) is 52.8 Å². The quantitative estimate of drug-likeness (QED) is 0.407. The first-order valence-electron chi connectivity index (χ1n) is 10.5. The maximum absolute atomic E-state index is 15.0. The molecule has 1 atom stereocenters. The van der Waals surface area contributed by atoms with Gasteiger partial charge >= 0.3 is 5.97 Å². The molecular weight excluding hydrogens is 429 g/mol. The summed E-state index contributed by atoms with van der Waals surface area (Å²) in [6.07, 6.45) is 2.46. The molecule has 0 aliphatic heterocycles. The lowest BCUT2D eigenvalue weighted by molar-refractivity contribution is -0.154. The molecule has 33 heavy (non-hydrogen) atoms. The third-order valence-electron chi connectivity index (χ3n) is 5.10. The zero-order chi connectivity index (χ0) is 23.9. The molecule has 0 saturated heterocycles. The van der Waals surface area contributed by atoms with Crippen molar-refractivity contribution < 1.29 is 23.4 Å². The Hall–Kier alpha value is -3.66. The van der Waals surface area contributed by atoms with Gasteiger partial charge in [0.1, 0.15) is 35.8 Å². The fraction of sp³-hybridized carbons (Fsp3) is 0.348. The van der Waals surface area contributed by atoms with Gasteiger partial charge in [-0.25, -0.2) is 8.91 Å². The van der Waals surface area contributed by atoms with E-state index >= 15 is 4.39 Å². The average Bonchev–Trinajstić information content (AvgIpc) is 3.28. The molecule has 0 aliphatic carbocycles. The second-order valence-electron chi connectivity index (χ2n) is 8.62. The van der Waals surface area contributed by atoms with Gasteiger partial charge < -0.3 is 24.9 Å². The molecule has 0 unspecified atom stereocenters. The summed E-state index contributed by atoms with van der Waals surface area (Å²) in [6, 6.07) is 5.03. The lowest BCUT2D eigenvalue weighted by Crippen LogP contribution is -2.44. The molecule has 1 aromatic carbocycles. The molecular formula is C23H26FN5O4. The van der Waals surface area contributed by atoms with E-state index in [1.807, 2.05) is 13.8 Å². The third-order valence-corrected chi connectivity index (χ3v) is 5.10. The molecule has 10 heteroatoms. The Morgan fingerprint density at radius 1 is 1.30 bits per heavy atom. The summed E-state index contributed by atoms with van der Waals surface area (Å²) in [5.74, 6) is -0.252. The van der Waals surface area contributed by atoms with E-state index in [-0.39, 0.29) is 18.2 Å². The molecule has 3 N–H and O–H groups in total. The Labute approximate surface area is 189 Å². The van der Waals surface area contributed by atoms with Crippen molar-refractivity contribution in [1.29, 1.82) is 0 Å². The Balaban J connectivity index is 1.57. The average molecular weight is 455 g/mol. The summed E-state index contributed by atoms with van der Waals surface area (Å²) in [5.41, 5.74) is 7.43. The van der Waals surface area contributed by atoms with Gasteiger partial charge in [-0.1, -0.05) is 0 Å². The molecule has 9 nitrogen and oxygen atoms in total. The van der Waals surface area contributed by atoms with Gasteiger partial charge in [0.05, 0.1) is 6.20 Å². The van der Waals surface area contributed by atoms with E-state index in [1.54, 1.807) is 49.7 Å². The molecule has 174 valence electrons. The lowest BCUT2D eigenvalue weighted by atomic mass is 10.1. The molecule has 0 amide bonds. The molecule has 3 heterocycles. The molecule has 4 aromatic rings. The predicted molar refractivity (Wildman–Crippen MR) is 120 cm³/mol. The number of carbonyl (C=O) groups excluding carboxylic acids is 1. The van der Waals surface area contributed by atoms with Crippen molar-refractivity contribution in [2.75, 3.05) is 6.61 Å². The largest absolute Gasteiger partial charge is 0.488 e. The highest BCUT2D eigenvalue weighted by molar-refractivity contribution is 5.83. The number of rotatable bonds is 7. The molecule has 0 spiro atoms. The number of esters is 1. The number of nitrogens with one attached hydrogen (secondary N) is 1. The van der Waals surface area contributed by atoms with Crippen molar-refractivity contribution in [1.82, 2.24) is 19.6 Å². The Morgan fingerprint density at radius 3 is 2.79 bits per heavy atom. The van der Waals surface area contributed by atoms with Gasteiger partial charge in [0.2, 0.25) is 5.88 Å². The van der Waals surface area contributed by atoms with E-state index in [0.717, 1.165) is 5.69 Å². The van der Waals surface area contributed by atoms with Crippen molar-refractivity contribution in [2.24, 2.45) is 5.73 Å². The maximum atomic E-state index is 15.0. The van der Waals surface area contributed by atoms with Crippen molar-refractivity contribution >= 4 is 22.4 Å². The van der Waals surface area contributed by atoms with Gasteiger partial charge in [-0.2, -0.15) is 10.1 Å². The van der Waals surface area contributed by atoms with E-state index in [2.05, 4.69) is 15.1 Å². The summed E-state index contributed by atoms with van der Waals surface area (Å²) < 4.78 is 33.6. The maximum Gasteiger partial charge on any atom is 0.325 e. The molecule has 3 aromatic heterocycles. The van der Waals surface area contributed by atoms with Gasteiger partial charge in [0.15, 0.2) is 11.6 Å². The smallest absolute Gasteiger partial charge is 0.325 e. The summed E-state index contributed by atoms with van der Waals surface area (Å²) >= 11 is 0. The number of nitrogens with two attached hydrogens (primary N) is 1. The second kappa shape index (κ2) is 8.36. The number of halogens is 1. The Morgan fingerprint density at radius 2 is 2.06 bits per heavy atom. The lowest BCUT2D eigenvalue weighted by Gasteiger charge is -2.20. The topological polar surface area (TPSA) is 117 Å². The second-order valence-corrected chi connectivity index (χ2v) is 8.62. The number of hydrogen-bond acceptors (Lipinski definition) is 7. The molecule has 0 saturated carbocycles. The number of aromatic nitrogens is 4. The van der Waals surface area contributed by atoms with Crippen molar-refractivity contribution in [2.45, 2.75) is 46.3 Å². The first-order valence-corrected chi connectivity index (χ1v) is 10.5. The Bertz CT molecular complexity index is 1340. The highest BCUT2D eigenvalue weighted by Crippen LogP contribution is 2.34. The van der Waals surface area contributed by atoms with Crippen LogP contribution < -0.4 is 15.2 Å². The van der Waals surface area contributed by atoms with E-state index in [9.17, 15) is 4.79 Å². The van der Waals surface area contributed by atoms with Crippen LogP contribution in [0.15, 0.2) is 30.7 Å². The number of benzene rings is 1. The van der Waals surface area contributed by atoms with Crippen LogP contribution >= 0.6 is 0 Å². The fourth-order valence-corrected chi connectivity index (χ4v) is 3.37. The highest BCUT2D eigenvalue weighted by Gasteiger charge is 2.26. The van der Waals surface area contributed by atoms with Crippen LogP contribution in [0, 0.1) is 19.7 Å². The molecule has 0 fully saturated rings. The van der Waals surface area contributed by atoms with Crippen molar-refractivity contribution in [3.63, 3.8) is 0 Å². The van der Waals surface area contributed by atoms with E-state index in [1.165, 1.54) is 6.33 Å². The number of fused-ring (bicyclic) bond motifs is 2. The van der Waals surface area contributed by atoms with Crippen LogP contribution in [-0.2, 0) is 9.53 Å². The number of carbonyl (C=O) groups is 1. The number of nitrogens with zero attached hydrogens (tertiary/aromatic N) is 3. The third kappa shape index (κ3) is 4.47. The van der Waals surface area contributed by atoms with E-state index < -0.39 is 23.4 Å². The zero-order valence-electron chi connectivity index (χ0n) is 19.1. The minimum Gasteiger partial charge on any atom is -0.488 e. The highest BCUT2D eigenvalue weighted by atomic mass is 19.1. The van der Waals surface area contributed by atoms with Gasteiger partial charge in [0, 0.05) is 22.2 Å². The van der Waals surface area contributed by atoms with Gasteiger partial charge in [-0.3, -0.25) is 4.79 Å². The molecule has 4 rings (SSSR count).